The average molecular weight is 378 g/mol. The molecule has 0 saturated carbocycles. The van der Waals surface area contributed by atoms with Crippen LogP contribution >= 0.6 is 0 Å². The molecule has 6 heteroatoms. The van der Waals surface area contributed by atoms with E-state index in [2.05, 4.69) is 10.3 Å². The van der Waals surface area contributed by atoms with Gasteiger partial charge in [0.2, 0.25) is 5.43 Å². The number of nitrogens with one attached hydrogen (secondary N) is 2. The lowest BCUT2D eigenvalue weighted by atomic mass is 10.1. The van der Waals surface area contributed by atoms with E-state index in [9.17, 15) is 14.7 Å². The first kappa shape index (κ1) is 19.4. The van der Waals surface area contributed by atoms with Gasteiger partial charge in [-0.2, -0.15) is 0 Å². The van der Waals surface area contributed by atoms with Crippen molar-refractivity contribution in [2.45, 2.75) is 25.6 Å². The number of aromatic nitrogens is 1. The van der Waals surface area contributed by atoms with Crippen LogP contribution in [-0.4, -0.2) is 22.1 Å². The Labute approximate surface area is 162 Å². The predicted octanol–water partition coefficient (Wildman–Crippen LogP) is 2.52. The molecule has 1 aromatic heterocycles. The van der Waals surface area contributed by atoms with Crippen LogP contribution in [0.2, 0.25) is 0 Å². The van der Waals surface area contributed by atoms with Gasteiger partial charge in [-0.3, -0.25) is 9.59 Å². The van der Waals surface area contributed by atoms with E-state index in [1.165, 1.54) is 12.3 Å². The van der Waals surface area contributed by atoms with Crippen molar-refractivity contribution in [3.05, 3.63) is 100.0 Å². The first-order valence-corrected chi connectivity index (χ1v) is 9.00. The third-order valence-corrected chi connectivity index (χ3v) is 4.28. The van der Waals surface area contributed by atoms with Crippen LogP contribution in [0.4, 0.5) is 0 Å². The third-order valence-electron chi connectivity index (χ3n) is 4.28. The summed E-state index contributed by atoms with van der Waals surface area (Å²) in [6.45, 7) is 0.455. The maximum absolute atomic E-state index is 12.7. The molecular formula is C22H22N2O4. The molecule has 0 aliphatic carbocycles. The lowest BCUT2D eigenvalue weighted by Crippen LogP contribution is -2.39. The Bertz CT molecular complexity index is 955. The normalized spacial score (nSPS) is 11.7. The molecule has 0 aliphatic heterocycles. The molecule has 3 rings (SSSR count). The second kappa shape index (κ2) is 9.53. The minimum Gasteiger partial charge on any atom is -0.503 e. The first-order chi connectivity index (χ1) is 13.6. The fourth-order valence-electron chi connectivity index (χ4n) is 2.76. The van der Waals surface area contributed by atoms with Gasteiger partial charge in [-0.25, -0.2) is 0 Å². The summed E-state index contributed by atoms with van der Waals surface area (Å²) in [6, 6.07) is 20.2. The number of rotatable bonds is 8. The van der Waals surface area contributed by atoms with E-state index in [-0.39, 0.29) is 12.4 Å². The maximum atomic E-state index is 12.7. The van der Waals surface area contributed by atoms with E-state index in [1.54, 1.807) is 0 Å². The van der Waals surface area contributed by atoms with Crippen molar-refractivity contribution in [3.63, 3.8) is 0 Å². The topological polar surface area (TPSA) is 91.4 Å². The summed E-state index contributed by atoms with van der Waals surface area (Å²) in [5.74, 6) is -0.782. The zero-order chi connectivity index (χ0) is 19.8. The Morgan fingerprint density at radius 2 is 1.68 bits per heavy atom. The van der Waals surface area contributed by atoms with E-state index >= 15 is 0 Å². The quantitative estimate of drug-likeness (QED) is 0.524. The van der Waals surface area contributed by atoms with Crippen LogP contribution in [0.1, 0.15) is 16.8 Å². The van der Waals surface area contributed by atoms with Gasteiger partial charge in [0.25, 0.3) is 0 Å². The Balaban J connectivity index is 1.66. The molecule has 6 nitrogen and oxygen atoms in total. The van der Waals surface area contributed by atoms with Crippen LogP contribution in [0.25, 0.3) is 0 Å². The Kier molecular flexibility index (Phi) is 6.59. The summed E-state index contributed by atoms with van der Waals surface area (Å²) in [4.78, 5) is 26.9. The number of aromatic amines is 1. The van der Waals surface area contributed by atoms with Gasteiger partial charge in [0, 0.05) is 18.8 Å². The fourth-order valence-corrected chi connectivity index (χ4v) is 2.76. The molecule has 1 atom stereocenters. The van der Waals surface area contributed by atoms with E-state index < -0.39 is 17.4 Å². The largest absolute Gasteiger partial charge is 0.503 e. The van der Waals surface area contributed by atoms with E-state index in [0.717, 1.165) is 11.1 Å². The number of esters is 1. The van der Waals surface area contributed by atoms with Gasteiger partial charge in [-0.05, 0) is 17.5 Å². The van der Waals surface area contributed by atoms with E-state index in [0.29, 0.717) is 18.7 Å². The van der Waals surface area contributed by atoms with Crippen molar-refractivity contribution in [1.29, 1.82) is 0 Å². The van der Waals surface area contributed by atoms with Gasteiger partial charge in [0.1, 0.15) is 12.6 Å². The molecule has 0 fully saturated rings. The number of hydrogen-bond donors (Lipinski definition) is 3. The SMILES string of the molecule is O=C(OCc1cc(=O)c(O)c[nH]1)[C@H](Cc1ccccc1)NCc1ccccc1. The summed E-state index contributed by atoms with van der Waals surface area (Å²) in [5.41, 5.74) is 1.98. The van der Waals surface area contributed by atoms with Crippen molar-refractivity contribution in [3.8, 4) is 5.75 Å². The lowest BCUT2D eigenvalue weighted by molar-refractivity contribution is -0.147. The van der Waals surface area contributed by atoms with Crippen LogP contribution in [0.15, 0.2) is 77.7 Å². The third kappa shape index (κ3) is 5.56. The second-order valence-electron chi connectivity index (χ2n) is 6.42. The number of H-pyrrole nitrogens is 1. The van der Waals surface area contributed by atoms with Gasteiger partial charge in [0.15, 0.2) is 5.75 Å². The summed E-state index contributed by atoms with van der Waals surface area (Å²) >= 11 is 0. The molecule has 0 radical (unpaired) electrons. The van der Waals surface area contributed by atoms with Gasteiger partial charge >= 0.3 is 5.97 Å². The summed E-state index contributed by atoms with van der Waals surface area (Å²) in [5, 5.41) is 12.5. The maximum Gasteiger partial charge on any atom is 0.323 e. The number of carbonyl (C=O) groups is 1. The van der Waals surface area contributed by atoms with Crippen LogP contribution in [0, 0.1) is 0 Å². The molecule has 0 unspecified atom stereocenters. The molecule has 0 amide bonds. The molecule has 0 saturated heterocycles. The Morgan fingerprint density at radius 3 is 2.32 bits per heavy atom. The number of ether oxygens (including phenoxy) is 1. The standard InChI is InChI=1S/C22H22N2O4/c25-20-12-18(23-14-21(20)26)15-28-22(27)19(11-16-7-3-1-4-8-16)24-13-17-9-5-2-6-10-17/h1-10,12,14,19,24,26H,11,13,15H2,(H,23,25)/t19-/m0/s1. The molecule has 3 N–H and O–H groups in total. The van der Waals surface area contributed by atoms with Crippen LogP contribution < -0.4 is 10.7 Å². The summed E-state index contributed by atoms with van der Waals surface area (Å²) < 4.78 is 5.39. The average Bonchev–Trinajstić information content (AvgIpc) is 2.73. The second-order valence-corrected chi connectivity index (χ2v) is 6.42. The van der Waals surface area contributed by atoms with Gasteiger partial charge in [-0.15, -0.1) is 0 Å². The zero-order valence-electron chi connectivity index (χ0n) is 15.3. The highest BCUT2D eigenvalue weighted by Gasteiger charge is 2.20. The molecule has 3 aromatic rings. The number of carbonyl (C=O) groups excluding carboxylic acids is 1. The number of benzene rings is 2. The number of pyridine rings is 1. The minimum atomic E-state index is -0.536. The Morgan fingerprint density at radius 1 is 1.04 bits per heavy atom. The minimum absolute atomic E-state index is 0.0767. The van der Waals surface area contributed by atoms with Crippen LogP contribution in [0.3, 0.4) is 0 Å². The van der Waals surface area contributed by atoms with Gasteiger partial charge in [-0.1, -0.05) is 60.7 Å². The predicted molar refractivity (Wildman–Crippen MR) is 106 cm³/mol. The number of aromatic hydroxyl groups is 1. The van der Waals surface area contributed by atoms with Crippen LogP contribution in [0.5, 0.6) is 5.75 Å². The van der Waals surface area contributed by atoms with Crippen LogP contribution in [-0.2, 0) is 29.1 Å². The Hall–Kier alpha value is -3.38. The van der Waals surface area contributed by atoms with Gasteiger partial charge in [0.05, 0.1) is 5.69 Å². The van der Waals surface area contributed by atoms with Crippen molar-refractivity contribution < 1.29 is 14.6 Å². The summed E-state index contributed by atoms with van der Waals surface area (Å²) in [6.07, 6.45) is 1.67. The lowest BCUT2D eigenvalue weighted by Gasteiger charge is -2.18. The molecule has 2 aromatic carbocycles. The van der Waals surface area contributed by atoms with Crippen molar-refractivity contribution in [2.24, 2.45) is 0 Å². The van der Waals surface area contributed by atoms with Crippen molar-refractivity contribution in [1.82, 2.24) is 10.3 Å². The first-order valence-electron chi connectivity index (χ1n) is 9.00. The monoisotopic (exact) mass is 378 g/mol. The molecule has 0 spiro atoms. The highest BCUT2D eigenvalue weighted by Crippen LogP contribution is 2.08. The molecule has 28 heavy (non-hydrogen) atoms. The molecule has 1 heterocycles. The van der Waals surface area contributed by atoms with E-state index in [1.807, 2.05) is 60.7 Å². The number of hydrogen-bond acceptors (Lipinski definition) is 5. The zero-order valence-corrected chi connectivity index (χ0v) is 15.3. The highest BCUT2D eigenvalue weighted by atomic mass is 16.5. The molecule has 0 bridgehead atoms. The van der Waals surface area contributed by atoms with Crippen molar-refractivity contribution >= 4 is 5.97 Å². The fraction of sp³-hybridized carbons (Fsp3) is 0.182. The van der Waals surface area contributed by atoms with Crippen molar-refractivity contribution in [2.75, 3.05) is 0 Å². The van der Waals surface area contributed by atoms with E-state index in [4.69, 9.17) is 4.74 Å². The molecule has 144 valence electrons. The smallest absolute Gasteiger partial charge is 0.323 e. The van der Waals surface area contributed by atoms with Gasteiger partial charge < -0.3 is 20.1 Å². The molecular weight excluding hydrogens is 356 g/mol. The summed E-state index contributed by atoms with van der Waals surface area (Å²) in [7, 11) is 0. The highest BCUT2D eigenvalue weighted by molar-refractivity contribution is 5.76. The molecule has 0 aliphatic rings.